The quantitative estimate of drug-likeness (QED) is 0.534. The molecule has 1 radical (unpaired) electrons. The van der Waals surface area contributed by atoms with Crippen molar-refractivity contribution in [1.29, 1.82) is 0 Å². The van der Waals surface area contributed by atoms with Gasteiger partial charge in [0.2, 0.25) is 0 Å². The molecule has 0 amide bonds. The highest BCUT2D eigenvalue weighted by Crippen LogP contribution is 2.09. The second-order valence-electron chi connectivity index (χ2n) is 2.00. The predicted octanol–water partition coefficient (Wildman–Crippen LogP) is 1.61. The van der Waals surface area contributed by atoms with Crippen molar-refractivity contribution < 1.29 is 0 Å². The van der Waals surface area contributed by atoms with Crippen molar-refractivity contribution in [3.05, 3.63) is 5.88 Å². The Morgan fingerprint density at radius 1 is 1.25 bits per heavy atom. The minimum Gasteiger partial charge on any atom is -0.303 e. The van der Waals surface area contributed by atoms with Gasteiger partial charge in [-0.1, -0.05) is 6.42 Å². The summed E-state index contributed by atoms with van der Waals surface area (Å²) >= 11 is 1.89. The zero-order valence-corrected chi connectivity index (χ0v) is 5.84. The van der Waals surface area contributed by atoms with Gasteiger partial charge in [0, 0.05) is 0 Å². The molecule has 1 nitrogen and oxygen atoms in total. The van der Waals surface area contributed by atoms with Crippen molar-refractivity contribution in [3.63, 3.8) is 0 Å². The molecule has 0 unspecified atom stereocenters. The smallest absolute Gasteiger partial charge is 0.0782 e. The van der Waals surface area contributed by atoms with Crippen molar-refractivity contribution in [1.82, 2.24) is 5.32 Å². The van der Waals surface area contributed by atoms with Crippen LogP contribution in [0.2, 0.25) is 0 Å². The van der Waals surface area contributed by atoms with Gasteiger partial charge < -0.3 is 5.32 Å². The minimum absolute atomic E-state index is 1.17. The van der Waals surface area contributed by atoms with Gasteiger partial charge in [0.25, 0.3) is 0 Å². The van der Waals surface area contributed by atoms with Crippen LogP contribution in [-0.2, 0) is 0 Å². The molecule has 0 atom stereocenters. The first-order chi connectivity index (χ1) is 4.00. The molecule has 0 bridgehead atoms. The number of hydrogen-bond acceptors (Lipinski definition) is 2. The van der Waals surface area contributed by atoms with Gasteiger partial charge in [0.15, 0.2) is 0 Å². The van der Waals surface area contributed by atoms with Crippen LogP contribution in [0.5, 0.6) is 0 Å². The Bertz CT molecular complexity index is 32.5. The van der Waals surface area contributed by atoms with Crippen LogP contribution < -0.4 is 5.32 Å². The summed E-state index contributed by atoms with van der Waals surface area (Å²) in [5, 5.41) is 3.23. The first-order valence-corrected chi connectivity index (χ1v) is 4.22. The lowest BCUT2D eigenvalue weighted by Gasteiger charge is -2.07. The van der Waals surface area contributed by atoms with Gasteiger partial charge in [-0.2, -0.15) is 0 Å². The monoisotopic (exact) mass is 130 g/mol. The maximum absolute atomic E-state index is 3.23. The van der Waals surface area contributed by atoms with E-state index in [1.54, 1.807) is 0 Å². The van der Waals surface area contributed by atoms with E-state index in [0.717, 1.165) is 0 Å². The van der Waals surface area contributed by atoms with Crippen molar-refractivity contribution >= 4 is 11.8 Å². The van der Waals surface area contributed by atoms with Crippen LogP contribution in [0.3, 0.4) is 0 Å². The highest BCUT2D eigenvalue weighted by molar-refractivity contribution is 8.01. The molecular weight excluding hydrogens is 118 g/mol. The number of rotatable bonds is 0. The fourth-order valence-corrected chi connectivity index (χ4v) is 1.49. The van der Waals surface area contributed by atoms with Gasteiger partial charge in [-0.3, -0.25) is 0 Å². The van der Waals surface area contributed by atoms with Crippen molar-refractivity contribution in [2.24, 2.45) is 0 Å². The molecule has 1 aliphatic rings. The van der Waals surface area contributed by atoms with Crippen molar-refractivity contribution in [2.75, 3.05) is 12.3 Å². The average molecular weight is 130 g/mol. The summed E-state index contributed by atoms with van der Waals surface area (Å²) in [4.78, 5) is 0. The van der Waals surface area contributed by atoms with E-state index in [-0.39, 0.29) is 0 Å². The maximum Gasteiger partial charge on any atom is 0.0782 e. The van der Waals surface area contributed by atoms with Crippen molar-refractivity contribution in [2.45, 2.75) is 19.3 Å². The normalized spacial score (nSPS) is 24.0. The molecule has 0 aromatic rings. The SMILES string of the molecule is [CH]1NCCCCCS1. The summed E-state index contributed by atoms with van der Waals surface area (Å²) in [6, 6.07) is 0. The first-order valence-electron chi connectivity index (χ1n) is 3.17. The Balaban J connectivity index is 2.00. The zero-order chi connectivity index (χ0) is 5.66. The van der Waals surface area contributed by atoms with E-state index in [1.807, 2.05) is 11.8 Å². The molecule has 0 spiro atoms. The van der Waals surface area contributed by atoms with Gasteiger partial charge in [0.05, 0.1) is 5.88 Å². The molecule has 1 saturated heterocycles. The molecule has 1 N–H and O–H groups in total. The molecule has 0 saturated carbocycles. The molecular formula is C6H12NS. The number of thioether (sulfide) groups is 1. The molecule has 0 aromatic heterocycles. The molecule has 1 heterocycles. The molecule has 2 heteroatoms. The molecule has 0 aliphatic carbocycles. The third-order valence-electron chi connectivity index (χ3n) is 1.25. The fourth-order valence-electron chi connectivity index (χ4n) is 0.766. The first kappa shape index (κ1) is 6.43. The van der Waals surface area contributed by atoms with Gasteiger partial charge >= 0.3 is 0 Å². The number of hydrogen-bond donors (Lipinski definition) is 1. The second kappa shape index (κ2) is 4.21. The van der Waals surface area contributed by atoms with Gasteiger partial charge in [-0.25, -0.2) is 0 Å². The van der Waals surface area contributed by atoms with Crippen LogP contribution in [0.1, 0.15) is 19.3 Å². The minimum atomic E-state index is 1.17. The lowest BCUT2D eigenvalue weighted by Crippen LogP contribution is -2.11. The summed E-state index contributed by atoms with van der Waals surface area (Å²) in [6.45, 7) is 1.17. The van der Waals surface area contributed by atoms with Crippen LogP contribution in [0, 0.1) is 5.88 Å². The van der Waals surface area contributed by atoms with E-state index in [2.05, 4.69) is 11.2 Å². The Kier molecular flexibility index (Phi) is 3.39. The second-order valence-corrected chi connectivity index (χ2v) is 2.98. The summed E-state index contributed by atoms with van der Waals surface area (Å²) in [5.41, 5.74) is 0. The van der Waals surface area contributed by atoms with Gasteiger partial charge in [-0.05, 0) is 25.1 Å². The summed E-state index contributed by atoms with van der Waals surface area (Å²) < 4.78 is 0. The van der Waals surface area contributed by atoms with E-state index in [0.29, 0.717) is 0 Å². The highest BCUT2D eigenvalue weighted by atomic mass is 32.2. The van der Waals surface area contributed by atoms with E-state index in [9.17, 15) is 0 Å². The zero-order valence-electron chi connectivity index (χ0n) is 5.02. The third kappa shape index (κ3) is 2.58. The van der Waals surface area contributed by atoms with Crippen LogP contribution >= 0.6 is 11.8 Å². The van der Waals surface area contributed by atoms with E-state index in [1.165, 1.54) is 31.6 Å². The lowest BCUT2D eigenvalue weighted by molar-refractivity contribution is 0.672. The van der Waals surface area contributed by atoms with Gasteiger partial charge in [0.1, 0.15) is 0 Å². The fraction of sp³-hybridized carbons (Fsp3) is 0.833. The molecule has 1 aliphatic heterocycles. The topological polar surface area (TPSA) is 12.0 Å². The van der Waals surface area contributed by atoms with Gasteiger partial charge in [-0.15, -0.1) is 11.8 Å². The van der Waals surface area contributed by atoms with Crippen LogP contribution in [0.4, 0.5) is 0 Å². The standard InChI is InChI=1S/C6H12NS/c1-2-4-7-6-8-5-3-1/h6-7H,1-5H2. The predicted molar refractivity (Wildman–Crippen MR) is 38.6 cm³/mol. The molecule has 1 rings (SSSR count). The van der Waals surface area contributed by atoms with E-state index >= 15 is 0 Å². The summed E-state index contributed by atoms with van der Waals surface area (Å²) in [7, 11) is 0. The van der Waals surface area contributed by atoms with E-state index < -0.39 is 0 Å². The largest absolute Gasteiger partial charge is 0.303 e. The summed E-state index contributed by atoms with van der Waals surface area (Å²) in [5.74, 6) is 3.41. The molecule has 0 aromatic carbocycles. The molecule has 47 valence electrons. The van der Waals surface area contributed by atoms with Crippen LogP contribution in [-0.4, -0.2) is 12.3 Å². The Morgan fingerprint density at radius 3 is 3.25 bits per heavy atom. The lowest BCUT2D eigenvalue weighted by atomic mass is 10.2. The van der Waals surface area contributed by atoms with E-state index in [4.69, 9.17) is 0 Å². The van der Waals surface area contributed by atoms with Crippen LogP contribution in [0.15, 0.2) is 0 Å². The van der Waals surface area contributed by atoms with Crippen LogP contribution in [0.25, 0.3) is 0 Å². The Labute approximate surface area is 55.2 Å². The maximum atomic E-state index is 3.23. The molecule has 1 fully saturated rings. The third-order valence-corrected chi connectivity index (χ3v) is 2.11. The van der Waals surface area contributed by atoms with Crippen molar-refractivity contribution in [3.8, 4) is 0 Å². The Morgan fingerprint density at radius 2 is 2.25 bits per heavy atom. The number of nitrogens with one attached hydrogen (secondary N) is 1. The molecule has 8 heavy (non-hydrogen) atoms. The average Bonchev–Trinajstić information content (AvgIpc) is 1.62. The Hall–Kier alpha value is 0.310. The highest BCUT2D eigenvalue weighted by Gasteiger charge is 1.95. The summed E-state index contributed by atoms with van der Waals surface area (Å²) in [6.07, 6.45) is 4.13.